The molecule has 0 fully saturated rings. The van der Waals surface area contributed by atoms with Crippen LogP contribution in [0.25, 0.3) is 10.6 Å². The quantitative estimate of drug-likeness (QED) is 0.823. The van der Waals surface area contributed by atoms with Crippen LogP contribution in [0.4, 0.5) is 0 Å². The zero-order chi connectivity index (χ0) is 14.6. The molecule has 4 nitrogen and oxygen atoms in total. The van der Waals surface area contributed by atoms with Crippen molar-refractivity contribution in [2.24, 2.45) is 5.41 Å². The molecular weight excluding hydrogens is 292 g/mol. The minimum atomic E-state index is -0.471. The molecule has 0 atom stereocenters. The summed E-state index contributed by atoms with van der Waals surface area (Å²) in [5, 5.41) is 25.9. The molecule has 0 saturated carbocycles. The Morgan fingerprint density at radius 1 is 1.30 bits per heavy atom. The molecular formula is C14H20N2O2S2. The second-order valence-electron chi connectivity index (χ2n) is 5.46. The Labute approximate surface area is 127 Å². The van der Waals surface area contributed by atoms with Crippen molar-refractivity contribution in [3.8, 4) is 10.6 Å². The van der Waals surface area contributed by atoms with E-state index >= 15 is 0 Å². The predicted octanol–water partition coefficient (Wildman–Crippen LogP) is 2.29. The standard InChI is InChI=1S/C14H20N2O2S2/c1-14(9-17,10-18)8-16(2)5-12-7-20-13(15-12)11-3-4-19-6-11/h3-4,6-7,17-18H,5,8-10H2,1-2H3. The van der Waals surface area contributed by atoms with E-state index in [1.54, 1.807) is 22.7 Å². The average Bonchev–Trinajstić information content (AvgIpc) is 3.08. The van der Waals surface area contributed by atoms with Crippen molar-refractivity contribution in [2.75, 3.05) is 26.8 Å². The maximum Gasteiger partial charge on any atom is 0.124 e. The minimum absolute atomic E-state index is 0.0228. The summed E-state index contributed by atoms with van der Waals surface area (Å²) >= 11 is 3.32. The lowest BCUT2D eigenvalue weighted by Gasteiger charge is -2.29. The van der Waals surface area contributed by atoms with Crippen LogP contribution >= 0.6 is 22.7 Å². The zero-order valence-corrected chi connectivity index (χ0v) is 13.4. The Balaban J connectivity index is 1.97. The SMILES string of the molecule is CN(Cc1csc(-c2ccsc2)n1)CC(C)(CO)CO. The number of aliphatic hydroxyl groups is 2. The summed E-state index contributed by atoms with van der Waals surface area (Å²) in [6.45, 7) is 3.18. The van der Waals surface area contributed by atoms with Gasteiger partial charge >= 0.3 is 0 Å². The molecule has 110 valence electrons. The lowest BCUT2D eigenvalue weighted by molar-refractivity contribution is 0.0399. The molecule has 0 radical (unpaired) electrons. The minimum Gasteiger partial charge on any atom is -0.396 e. The van der Waals surface area contributed by atoms with Crippen molar-refractivity contribution in [2.45, 2.75) is 13.5 Å². The summed E-state index contributed by atoms with van der Waals surface area (Å²) in [5.74, 6) is 0. The van der Waals surface area contributed by atoms with Gasteiger partial charge in [-0.2, -0.15) is 11.3 Å². The van der Waals surface area contributed by atoms with E-state index in [9.17, 15) is 10.2 Å². The highest BCUT2D eigenvalue weighted by atomic mass is 32.1. The van der Waals surface area contributed by atoms with Gasteiger partial charge < -0.3 is 10.2 Å². The van der Waals surface area contributed by atoms with Gasteiger partial charge in [0.25, 0.3) is 0 Å². The number of aliphatic hydroxyl groups excluding tert-OH is 2. The number of nitrogens with zero attached hydrogens (tertiary/aromatic N) is 2. The summed E-state index contributed by atoms with van der Waals surface area (Å²) < 4.78 is 0. The van der Waals surface area contributed by atoms with Crippen LogP contribution in [-0.4, -0.2) is 46.9 Å². The van der Waals surface area contributed by atoms with Crippen LogP contribution in [0.2, 0.25) is 0 Å². The third-order valence-corrected chi connectivity index (χ3v) is 4.79. The smallest absolute Gasteiger partial charge is 0.124 e. The number of aromatic nitrogens is 1. The summed E-state index contributed by atoms with van der Waals surface area (Å²) in [7, 11) is 1.98. The van der Waals surface area contributed by atoms with E-state index in [1.165, 1.54) is 5.56 Å². The van der Waals surface area contributed by atoms with Crippen LogP contribution in [0.3, 0.4) is 0 Å². The maximum absolute atomic E-state index is 9.33. The van der Waals surface area contributed by atoms with Crippen LogP contribution in [0, 0.1) is 5.41 Å². The molecule has 2 N–H and O–H groups in total. The molecule has 2 heterocycles. The van der Waals surface area contributed by atoms with Gasteiger partial charge in [0.2, 0.25) is 0 Å². The summed E-state index contributed by atoms with van der Waals surface area (Å²) in [4.78, 5) is 6.72. The Kier molecular flexibility index (Phi) is 5.29. The molecule has 20 heavy (non-hydrogen) atoms. The highest BCUT2D eigenvalue weighted by Gasteiger charge is 2.24. The van der Waals surface area contributed by atoms with Gasteiger partial charge in [-0.05, 0) is 18.5 Å². The molecule has 2 aromatic rings. The van der Waals surface area contributed by atoms with Crippen LogP contribution in [0.1, 0.15) is 12.6 Å². The molecule has 0 aromatic carbocycles. The van der Waals surface area contributed by atoms with Gasteiger partial charge in [0.05, 0.1) is 18.9 Å². The fourth-order valence-corrected chi connectivity index (χ4v) is 3.56. The average molecular weight is 312 g/mol. The van der Waals surface area contributed by atoms with E-state index in [4.69, 9.17) is 0 Å². The van der Waals surface area contributed by atoms with E-state index in [0.29, 0.717) is 6.54 Å². The number of rotatable bonds is 7. The number of thiophene rings is 1. The molecule has 6 heteroatoms. The first-order valence-corrected chi connectivity index (χ1v) is 8.26. The second-order valence-corrected chi connectivity index (χ2v) is 7.09. The monoisotopic (exact) mass is 312 g/mol. The zero-order valence-electron chi connectivity index (χ0n) is 11.7. The van der Waals surface area contributed by atoms with Gasteiger partial charge in [0.1, 0.15) is 5.01 Å². The van der Waals surface area contributed by atoms with Gasteiger partial charge in [-0.25, -0.2) is 4.98 Å². The van der Waals surface area contributed by atoms with Crippen molar-refractivity contribution in [1.29, 1.82) is 0 Å². The van der Waals surface area contributed by atoms with Gasteiger partial charge in [-0.15, -0.1) is 11.3 Å². The maximum atomic E-state index is 9.33. The third kappa shape index (κ3) is 3.86. The molecule has 0 amide bonds. The van der Waals surface area contributed by atoms with Gasteiger partial charge in [0, 0.05) is 34.8 Å². The molecule has 0 aliphatic carbocycles. The second kappa shape index (κ2) is 6.78. The third-order valence-electron chi connectivity index (χ3n) is 3.17. The summed E-state index contributed by atoms with van der Waals surface area (Å²) in [6.07, 6.45) is 0. The largest absolute Gasteiger partial charge is 0.396 e. The molecule has 0 saturated heterocycles. The molecule has 0 aliphatic rings. The lowest BCUT2D eigenvalue weighted by atomic mass is 9.92. The highest BCUT2D eigenvalue weighted by molar-refractivity contribution is 7.14. The van der Waals surface area contributed by atoms with E-state index in [0.717, 1.165) is 17.2 Å². The molecule has 0 unspecified atom stereocenters. The van der Waals surface area contributed by atoms with E-state index in [-0.39, 0.29) is 13.2 Å². The van der Waals surface area contributed by atoms with Crippen molar-refractivity contribution < 1.29 is 10.2 Å². The number of hydrogen-bond donors (Lipinski definition) is 2. The van der Waals surface area contributed by atoms with Crippen LogP contribution in [0.15, 0.2) is 22.2 Å². The van der Waals surface area contributed by atoms with Gasteiger partial charge in [0.15, 0.2) is 0 Å². The first-order valence-electron chi connectivity index (χ1n) is 6.43. The Bertz CT molecular complexity index is 521. The normalized spacial score (nSPS) is 12.2. The predicted molar refractivity (Wildman–Crippen MR) is 84.0 cm³/mol. The topological polar surface area (TPSA) is 56.6 Å². The molecule has 0 bridgehead atoms. The molecule has 0 spiro atoms. The van der Waals surface area contributed by atoms with E-state index in [1.807, 2.05) is 14.0 Å². The fraction of sp³-hybridized carbons (Fsp3) is 0.500. The van der Waals surface area contributed by atoms with Crippen LogP contribution in [0.5, 0.6) is 0 Å². The Hall–Kier alpha value is -0.790. The molecule has 0 aliphatic heterocycles. The summed E-state index contributed by atoms with van der Waals surface area (Å²) in [6, 6.07) is 2.07. The molecule has 2 rings (SSSR count). The van der Waals surface area contributed by atoms with Crippen LogP contribution in [-0.2, 0) is 6.54 Å². The fourth-order valence-electron chi connectivity index (χ4n) is 2.03. The molecule has 2 aromatic heterocycles. The van der Waals surface area contributed by atoms with Gasteiger partial charge in [-0.1, -0.05) is 6.92 Å². The lowest BCUT2D eigenvalue weighted by Crippen LogP contribution is -2.38. The van der Waals surface area contributed by atoms with Crippen molar-refractivity contribution in [3.05, 3.63) is 27.9 Å². The first-order chi connectivity index (χ1) is 9.56. The number of thiazole rings is 1. The Morgan fingerprint density at radius 3 is 2.65 bits per heavy atom. The first kappa shape index (κ1) is 15.6. The van der Waals surface area contributed by atoms with E-state index in [2.05, 4.69) is 32.1 Å². The summed E-state index contributed by atoms with van der Waals surface area (Å²) in [5.41, 5.74) is 1.72. The van der Waals surface area contributed by atoms with E-state index < -0.39 is 5.41 Å². The van der Waals surface area contributed by atoms with Crippen LogP contribution < -0.4 is 0 Å². The van der Waals surface area contributed by atoms with Crippen molar-refractivity contribution in [3.63, 3.8) is 0 Å². The number of hydrogen-bond acceptors (Lipinski definition) is 6. The van der Waals surface area contributed by atoms with Gasteiger partial charge in [-0.3, -0.25) is 4.90 Å². The van der Waals surface area contributed by atoms with Crippen molar-refractivity contribution >= 4 is 22.7 Å². The Morgan fingerprint density at radius 2 is 2.05 bits per heavy atom. The van der Waals surface area contributed by atoms with Crippen molar-refractivity contribution in [1.82, 2.24) is 9.88 Å². The highest BCUT2D eigenvalue weighted by Crippen LogP contribution is 2.26.